The molecule has 0 fully saturated rings. The molecule has 0 spiro atoms. The van der Waals surface area contributed by atoms with E-state index in [-0.39, 0.29) is 11.7 Å². The second-order valence-corrected chi connectivity index (χ2v) is 8.61. The molecule has 0 saturated heterocycles. The van der Waals surface area contributed by atoms with E-state index in [9.17, 15) is 9.90 Å². The fourth-order valence-electron chi connectivity index (χ4n) is 3.35. The minimum Gasteiger partial charge on any atom is -0.508 e. The number of hydrogen-bond donors (Lipinski definition) is 1. The highest BCUT2D eigenvalue weighted by Crippen LogP contribution is 2.25. The van der Waals surface area contributed by atoms with Gasteiger partial charge in [0.25, 0.3) is 0 Å². The zero-order valence-electron chi connectivity index (χ0n) is 20.6. The third kappa shape index (κ3) is 11.1. The summed E-state index contributed by atoms with van der Waals surface area (Å²) in [6.45, 7) is 8.29. The summed E-state index contributed by atoms with van der Waals surface area (Å²) in [4.78, 5) is 11.3. The number of rotatable bonds is 16. The Morgan fingerprint density at radius 1 is 0.824 bits per heavy atom. The Labute approximate surface area is 203 Å². The number of hydrogen-bond acceptors (Lipinski definition) is 6. The number of phenolic OH excluding ortho intramolecular Hbond substituents is 1. The van der Waals surface area contributed by atoms with Gasteiger partial charge in [-0.15, -0.1) is 0 Å². The first kappa shape index (κ1) is 27.1. The number of nitrogens with zero attached hydrogens (tertiary/aromatic N) is 2. The van der Waals surface area contributed by atoms with Crippen LogP contribution in [0.25, 0.3) is 0 Å². The number of azo groups is 1. The van der Waals surface area contributed by atoms with E-state index in [1.54, 1.807) is 25.1 Å². The van der Waals surface area contributed by atoms with Gasteiger partial charge in [-0.05, 0) is 74.7 Å². The standard InChI is InChI=1S/C28H38N2O4/c1-22(2)28(32)34-20-12-10-8-6-4-5-7-9-11-19-33-26-16-13-24(14-17-26)29-30-25-15-18-27(31)23(3)21-25/h13-18,21,31H,1,4-12,19-20H2,2-3H3. The molecule has 6 nitrogen and oxygen atoms in total. The van der Waals surface area contributed by atoms with Crippen LogP contribution >= 0.6 is 0 Å². The monoisotopic (exact) mass is 466 g/mol. The van der Waals surface area contributed by atoms with E-state index in [1.807, 2.05) is 31.2 Å². The van der Waals surface area contributed by atoms with Crippen LogP contribution in [0, 0.1) is 6.92 Å². The summed E-state index contributed by atoms with van der Waals surface area (Å²) in [6, 6.07) is 12.7. The summed E-state index contributed by atoms with van der Waals surface area (Å²) in [7, 11) is 0. The van der Waals surface area contributed by atoms with E-state index in [4.69, 9.17) is 9.47 Å². The van der Waals surface area contributed by atoms with Crippen LogP contribution in [-0.4, -0.2) is 24.3 Å². The van der Waals surface area contributed by atoms with Crippen LogP contribution in [0.3, 0.4) is 0 Å². The quantitative estimate of drug-likeness (QED) is 0.117. The number of phenols is 1. The van der Waals surface area contributed by atoms with Crippen molar-refractivity contribution in [1.29, 1.82) is 0 Å². The molecule has 0 bridgehead atoms. The third-order valence-corrected chi connectivity index (χ3v) is 5.44. The van der Waals surface area contributed by atoms with E-state index in [0.29, 0.717) is 17.9 Å². The number of ether oxygens (including phenoxy) is 2. The second kappa shape index (κ2) is 15.6. The van der Waals surface area contributed by atoms with Gasteiger partial charge in [0.2, 0.25) is 0 Å². The number of carbonyl (C=O) groups is 1. The fourth-order valence-corrected chi connectivity index (χ4v) is 3.35. The van der Waals surface area contributed by atoms with Gasteiger partial charge in [-0.25, -0.2) is 4.79 Å². The molecule has 0 aliphatic heterocycles. The Morgan fingerprint density at radius 3 is 1.94 bits per heavy atom. The van der Waals surface area contributed by atoms with Crippen molar-refractivity contribution in [2.75, 3.05) is 13.2 Å². The summed E-state index contributed by atoms with van der Waals surface area (Å²) >= 11 is 0. The van der Waals surface area contributed by atoms with Gasteiger partial charge in [0.15, 0.2) is 0 Å². The van der Waals surface area contributed by atoms with Gasteiger partial charge in [0, 0.05) is 5.57 Å². The lowest BCUT2D eigenvalue weighted by Gasteiger charge is -2.06. The van der Waals surface area contributed by atoms with Crippen LogP contribution in [0.1, 0.15) is 70.3 Å². The van der Waals surface area contributed by atoms with Crippen molar-refractivity contribution in [1.82, 2.24) is 0 Å². The molecule has 0 saturated carbocycles. The van der Waals surface area contributed by atoms with Crippen molar-refractivity contribution in [3.8, 4) is 11.5 Å². The number of carbonyl (C=O) groups excluding carboxylic acids is 1. The number of aromatic hydroxyl groups is 1. The second-order valence-electron chi connectivity index (χ2n) is 8.61. The molecule has 0 heterocycles. The van der Waals surface area contributed by atoms with Gasteiger partial charge in [0.1, 0.15) is 11.5 Å². The SMILES string of the molecule is C=C(C)C(=O)OCCCCCCCCCCCOc1ccc(N=Nc2ccc(O)c(C)c2)cc1. The van der Waals surface area contributed by atoms with Crippen LogP contribution in [0.2, 0.25) is 0 Å². The van der Waals surface area contributed by atoms with E-state index in [1.165, 1.54) is 38.5 Å². The van der Waals surface area contributed by atoms with E-state index < -0.39 is 0 Å². The Kier molecular flexibility index (Phi) is 12.5. The summed E-state index contributed by atoms with van der Waals surface area (Å²) in [5, 5.41) is 18.0. The Bertz CT molecular complexity index is 923. The van der Waals surface area contributed by atoms with Gasteiger partial charge >= 0.3 is 5.97 Å². The molecule has 0 aromatic heterocycles. The van der Waals surface area contributed by atoms with E-state index in [0.717, 1.165) is 42.9 Å². The zero-order chi connectivity index (χ0) is 24.6. The topological polar surface area (TPSA) is 80.5 Å². The van der Waals surface area contributed by atoms with Crippen LogP contribution in [0.4, 0.5) is 11.4 Å². The maximum absolute atomic E-state index is 11.3. The van der Waals surface area contributed by atoms with Gasteiger partial charge < -0.3 is 14.6 Å². The highest BCUT2D eigenvalue weighted by molar-refractivity contribution is 5.86. The van der Waals surface area contributed by atoms with Crippen LogP contribution in [0.15, 0.2) is 64.8 Å². The van der Waals surface area contributed by atoms with Crippen molar-refractivity contribution in [3.05, 3.63) is 60.2 Å². The van der Waals surface area contributed by atoms with Crippen molar-refractivity contribution < 1.29 is 19.4 Å². The molecular weight excluding hydrogens is 428 g/mol. The molecule has 0 aliphatic rings. The first-order chi connectivity index (χ1) is 16.5. The van der Waals surface area contributed by atoms with Crippen molar-refractivity contribution >= 4 is 17.3 Å². The number of benzene rings is 2. The lowest BCUT2D eigenvalue weighted by Crippen LogP contribution is -2.05. The lowest BCUT2D eigenvalue weighted by atomic mass is 10.1. The third-order valence-electron chi connectivity index (χ3n) is 5.44. The number of esters is 1. The fraction of sp³-hybridized carbons (Fsp3) is 0.464. The lowest BCUT2D eigenvalue weighted by molar-refractivity contribution is -0.139. The van der Waals surface area contributed by atoms with Gasteiger partial charge in [-0.2, -0.15) is 10.2 Å². The molecule has 0 unspecified atom stereocenters. The number of unbranched alkanes of at least 4 members (excludes halogenated alkanes) is 8. The molecule has 0 atom stereocenters. The summed E-state index contributed by atoms with van der Waals surface area (Å²) in [6.07, 6.45) is 10.4. The molecule has 2 rings (SSSR count). The van der Waals surface area contributed by atoms with Gasteiger partial charge in [-0.1, -0.05) is 51.5 Å². The van der Waals surface area contributed by atoms with Crippen LogP contribution in [-0.2, 0) is 9.53 Å². The molecule has 0 radical (unpaired) electrons. The van der Waals surface area contributed by atoms with Crippen LogP contribution < -0.4 is 4.74 Å². The smallest absolute Gasteiger partial charge is 0.333 e. The summed E-state index contributed by atoms with van der Waals surface area (Å²) < 4.78 is 10.9. The average molecular weight is 467 g/mol. The molecule has 2 aromatic rings. The zero-order valence-corrected chi connectivity index (χ0v) is 20.6. The molecule has 0 amide bonds. The predicted octanol–water partition coefficient (Wildman–Crippen LogP) is 8.13. The van der Waals surface area contributed by atoms with Gasteiger partial charge in [0.05, 0.1) is 24.6 Å². The van der Waals surface area contributed by atoms with Crippen molar-refractivity contribution in [3.63, 3.8) is 0 Å². The largest absolute Gasteiger partial charge is 0.508 e. The molecule has 0 aliphatic carbocycles. The molecule has 34 heavy (non-hydrogen) atoms. The van der Waals surface area contributed by atoms with Crippen LogP contribution in [0.5, 0.6) is 11.5 Å². The normalized spacial score (nSPS) is 11.0. The first-order valence-corrected chi connectivity index (χ1v) is 12.2. The molecule has 184 valence electrons. The molecule has 1 N–H and O–H groups in total. The van der Waals surface area contributed by atoms with E-state index >= 15 is 0 Å². The summed E-state index contributed by atoms with van der Waals surface area (Å²) in [5.74, 6) is 0.811. The molecule has 2 aromatic carbocycles. The Balaban J connectivity index is 1.47. The maximum atomic E-state index is 11.3. The van der Waals surface area contributed by atoms with Crippen molar-refractivity contribution in [2.24, 2.45) is 10.2 Å². The molecule has 6 heteroatoms. The average Bonchev–Trinajstić information content (AvgIpc) is 2.83. The van der Waals surface area contributed by atoms with Gasteiger partial charge in [-0.3, -0.25) is 0 Å². The predicted molar refractivity (Wildman–Crippen MR) is 136 cm³/mol. The first-order valence-electron chi connectivity index (χ1n) is 12.2. The summed E-state index contributed by atoms with van der Waals surface area (Å²) in [5.41, 5.74) is 2.70. The van der Waals surface area contributed by atoms with Crippen molar-refractivity contribution in [2.45, 2.75) is 71.6 Å². The maximum Gasteiger partial charge on any atom is 0.333 e. The number of aryl methyl sites for hydroxylation is 1. The minimum absolute atomic E-state index is 0.257. The highest BCUT2D eigenvalue weighted by Gasteiger charge is 2.02. The Hall–Kier alpha value is -3.15. The van der Waals surface area contributed by atoms with E-state index in [2.05, 4.69) is 16.8 Å². The molecular formula is C28H38N2O4. The Morgan fingerprint density at radius 2 is 1.35 bits per heavy atom. The minimum atomic E-state index is -0.288. The highest BCUT2D eigenvalue weighted by atomic mass is 16.5.